The van der Waals surface area contributed by atoms with E-state index < -0.39 is 0 Å². The molecule has 5 heteroatoms. The molecule has 0 unspecified atom stereocenters. The number of H-pyrrole nitrogens is 1. The van der Waals surface area contributed by atoms with Crippen LogP contribution in [0.25, 0.3) is 11.4 Å². The molecule has 0 spiro atoms. The van der Waals surface area contributed by atoms with Gasteiger partial charge in [-0.3, -0.25) is 4.79 Å². The molecular weight excluding hydrogens is 230 g/mol. The fourth-order valence-corrected chi connectivity index (χ4v) is 1.68. The van der Waals surface area contributed by atoms with Crippen molar-refractivity contribution in [2.75, 3.05) is 6.61 Å². The first kappa shape index (κ1) is 12.3. The number of aromatic amines is 1. The van der Waals surface area contributed by atoms with Gasteiger partial charge in [-0.25, -0.2) is 4.98 Å². The molecule has 0 saturated heterocycles. The van der Waals surface area contributed by atoms with Gasteiger partial charge in [-0.15, -0.1) is 0 Å². The van der Waals surface area contributed by atoms with E-state index in [0.29, 0.717) is 23.9 Å². The Morgan fingerprint density at radius 2 is 2.17 bits per heavy atom. The van der Waals surface area contributed by atoms with Gasteiger partial charge in [0, 0.05) is 12.6 Å². The number of hydrogen-bond donors (Lipinski definition) is 2. The normalized spacial score (nSPS) is 10.3. The molecule has 0 bridgehead atoms. The van der Waals surface area contributed by atoms with E-state index in [0.717, 1.165) is 5.56 Å². The first-order chi connectivity index (χ1) is 8.74. The second kappa shape index (κ2) is 5.46. The first-order valence-corrected chi connectivity index (χ1v) is 5.77. The number of rotatable bonds is 4. The third-order valence-electron chi connectivity index (χ3n) is 2.45. The third-order valence-corrected chi connectivity index (χ3v) is 2.45. The summed E-state index contributed by atoms with van der Waals surface area (Å²) in [5, 5.41) is 0. The van der Waals surface area contributed by atoms with Gasteiger partial charge in [-0.2, -0.15) is 0 Å². The van der Waals surface area contributed by atoms with E-state index >= 15 is 0 Å². The fraction of sp³-hybridized carbons (Fsp3) is 0.231. The minimum absolute atomic E-state index is 0.216. The number of hydrogen-bond acceptors (Lipinski definition) is 4. The number of nitrogens with zero attached hydrogens (tertiary/aromatic N) is 1. The van der Waals surface area contributed by atoms with Crippen LogP contribution < -0.4 is 16.0 Å². The Bertz CT molecular complexity index is 593. The predicted octanol–water partition coefficient (Wildman–Crippen LogP) is 1.29. The minimum atomic E-state index is -0.216. The molecule has 5 nitrogen and oxygen atoms in total. The molecule has 0 fully saturated rings. The van der Waals surface area contributed by atoms with Gasteiger partial charge in [-0.1, -0.05) is 12.1 Å². The van der Waals surface area contributed by atoms with Gasteiger partial charge >= 0.3 is 0 Å². The monoisotopic (exact) mass is 245 g/mol. The van der Waals surface area contributed by atoms with Gasteiger partial charge in [0.05, 0.1) is 17.9 Å². The molecule has 0 aliphatic carbocycles. The summed E-state index contributed by atoms with van der Waals surface area (Å²) in [7, 11) is 0. The number of benzene rings is 1. The predicted molar refractivity (Wildman–Crippen MR) is 69.4 cm³/mol. The molecule has 18 heavy (non-hydrogen) atoms. The largest absolute Gasteiger partial charge is 0.493 e. The Morgan fingerprint density at radius 3 is 2.89 bits per heavy atom. The van der Waals surface area contributed by atoms with Crippen molar-refractivity contribution >= 4 is 0 Å². The Kier molecular flexibility index (Phi) is 3.74. The van der Waals surface area contributed by atoms with Gasteiger partial charge in [0.15, 0.2) is 0 Å². The lowest BCUT2D eigenvalue weighted by molar-refractivity contribution is 0.341. The molecule has 3 N–H and O–H groups in total. The van der Waals surface area contributed by atoms with Crippen LogP contribution in [0.2, 0.25) is 0 Å². The maximum Gasteiger partial charge on any atom is 0.251 e. The lowest BCUT2D eigenvalue weighted by Crippen LogP contribution is -2.13. The van der Waals surface area contributed by atoms with Crippen LogP contribution in [0.15, 0.2) is 35.1 Å². The van der Waals surface area contributed by atoms with Gasteiger partial charge < -0.3 is 15.5 Å². The fourth-order valence-electron chi connectivity index (χ4n) is 1.68. The molecule has 94 valence electrons. The maximum atomic E-state index is 11.5. The molecular formula is C13H15N3O2. The summed E-state index contributed by atoms with van der Waals surface area (Å²) >= 11 is 0. The number of aromatic nitrogens is 2. The Morgan fingerprint density at radius 1 is 1.39 bits per heavy atom. The van der Waals surface area contributed by atoms with Crippen molar-refractivity contribution in [2.24, 2.45) is 5.73 Å². The Hall–Kier alpha value is -2.14. The number of para-hydroxylation sites is 1. The topological polar surface area (TPSA) is 81.0 Å². The van der Waals surface area contributed by atoms with Crippen LogP contribution >= 0.6 is 0 Å². The lowest BCUT2D eigenvalue weighted by atomic mass is 10.2. The van der Waals surface area contributed by atoms with Crippen molar-refractivity contribution in [3.8, 4) is 17.1 Å². The summed E-state index contributed by atoms with van der Waals surface area (Å²) in [6.45, 7) is 2.69. The number of ether oxygens (including phenoxy) is 1. The van der Waals surface area contributed by atoms with Crippen LogP contribution in [0.4, 0.5) is 0 Å². The summed E-state index contributed by atoms with van der Waals surface area (Å²) in [6, 6.07) is 8.83. The molecule has 1 aromatic heterocycles. The highest BCUT2D eigenvalue weighted by Crippen LogP contribution is 2.26. The van der Waals surface area contributed by atoms with E-state index in [4.69, 9.17) is 10.5 Å². The zero-order valence-electron chi connectivity index (χ0n) is 10.1. The summed E-state index contributed by atoms with van der Waals surface area (Å²) in [5.41, 5.74) is 6.61. The van der Waals surface area contributed by atoms with Gasteiger partial charge in [0.25, 0.3) is 5.56 Å². The van der Waals surface area contributed by atoms with Crippen LogP contribution in [-0.4, -0.2) is 16.6 Å². The average Bonchev–Trinajstić information content (AvgIpc) is 2.39. The zero-order chi connectivity index (χ0) is 13.0. The van der Waals surface area contributed by atoms with Crippen molar-refractivity contribution in [1.82, 2.24) is 9.97 Å². The van der Waals surface area contributed by atoms with Crippen LogP contribution in [0.3, 0.4) is 0 Å². The molecule has 0 aliphatic rings. The van der Waals surface area contributed by atoms with Crippen molar-refractivity contribution in [3.63, 3.8) is 0 Å². The van der Waals surface area contributed by atoms with E-state index in [1.54, 1.807) is 0 Å². The molecule has 1 heterocycles. The lowest BCUT2D eigenvalue weighted by Gasteiger charge is -2.09. The van der Waals surface area contributed by atoms with Crippen LogP contribution in [0.5, 0.6) is 5.75 Å². The van der Waals surface area contributed by atoms with Crippen molar-refractivity contribution in [2.45, 2.75) is 13.5 Å². The van der Waals surface area contributed by atoms with E-state index in [9.17, 15) is 4.79 Å². The zero-order valence-corrected chi connectivity index (χ0v) is 10.1. The van der Waals surface area contributed by atoms with E-state index in [1.165, 1.54) is 6.07 Å². The highest BCUT2D eigenvalue weighted by molar-refractivity contribution is 5.63. The SMILES string of the molecule is CCOc1ccccc1-c1nc(CN)cc(=O)[nH]1. The highest BCUT2D eigenvalue weighted by atomic mass is 16.5. The molecule has 0 aliphatic heterocycles. The molecule has 0 amide bonds. The molecule has 0 atom stereocenters. The molecule has 2 aromatic rings. The number of nitrogens with two attached hydrogens (primary N) is 1. The van der Waals surface area contributed by atoms with Gasteiger partial charge in [0.2, 0.25) is 0 Å². The maximum absolute atomic E-state index is 11.5. The van der Waals surface area contributed by atoms with Crippen LogP contribution in [0, 0.1) is 0 Å². The summed E-state index contributed by atoms with van der Waals surface area (Å²) in [5.74, 6) is 1.17. The quantitative estimate of drug-likeness (QED) is 0.850. The molecule has 1 aromatic carbocycles. The Labute approximate surface area is 105 Å². The average molecular weight is 245 g/mol. The molecule has 0 radical (unpaired) electrons. The highest BCUT2D eigenvalue weighted by Gasteiger charge is 2.08. The van der Waals surface area contributed by atoms with Gasteiger partial charge in [-0.05, 0) is 19.1 Å². The van der Waals surface area contributed by atoms with Crippen LogP contribution in [0.1, 0.15) is 12.6 Å². The van der Waals surface area contributed by atoms with E-state index in [-0.39, 0.29) is 12.1 Å². The second-order valence-corrected chi connectivity index (χ2v) is 3.72. The summed E-state index contributed by atoms with van der Waals surface area (Å²) in [4.78, 5) is 18.5. The van der Waals surface area contributed by atoms with Crippen molar-refractivity contribution in [1.29, 1.82) is 0 Å². The smallest absolute Gasteiger partial charge is 0.251 e. The molecule has 0 saturated carbocycles. The summed E-state index contributed by atoms with van der Waals surface area (Å²) in [6.07, 6.45) is 0. The second-order valence-electron chi connectivity index (χ2n) is 3.72. The first-order valence-electron chi connectivity index (χ1n) is 5.77. The Balaban J connectivity index is 2.54. The van der Waals surface area contributed by atoms with Crippen molar-refractivity contribution in [3.05, 3.63) is 46.4 Å². The standard InChI is InChI=1S/C13H15N3O2/c1-2-18-11-6-4-3-5-10(11)13-15-9(8-14)7-12(17)16-13/h3-7H,2,8,14H2,1H3,(H,15,16,17). The van der Waals surface area contributed by atoms with Crippen molar-refractivity contribution < 1.29 is 4.74 Å². The van der Waals surface area contributed by atoms with Gasteiger partial charge in [0.1, 0.15) is 11.6 Å². The third kappa shape index (κ3) is 2.57. The van der Waals surface area contributed by atoms with Crippen LogP contribution in [-0.2, 0) is 6.54 Å². The van der Waals surface area contributed by atoms with E-state index in [1.807, 2.05) is 31.2 Å². The number of nitrogens with one attached hydrogen (secondary N) is 1. The minimum Gasteiger partial charge on any atom is -0.493 e. The van der Waals surface area contributed by atoms with E-state index in [2.05, 4.69) is 9.97 Å². The summed E-state index contributed by atoms with van der Waals surface area (Å²) < 4.78 is 5.51. The molecule has 2 rings (SSSR count).